The number of hydrogen-bond acceptors (Lipinski definition) is 20. The van der Waals surface area contributed by atoms with Crippen molar-refractivity contribution in [3.05, 3.63) is 72.9 Å². The molecule has 0 bridgehead atoms. The molecule has 3 amide bonds. The van der Waals surface area contributed by atoms with Crippen LogP contribution in [0.15, 0.2) is 39.2 Å². The summed E-state index contributed by atoms with van der Waals surface area (Å²) in [5.74, 6) is -0.142. The Bertz CT molecular complexity index is 2950. The van der Waals surface area contributed by atoms with Crippen LogP contribution in [0.25, 0.3) is 16.2 Å². The zero-order chi connectivity index (χ0) is 52.0. The van der Waals surface area contributed by atoms with E-state index in [0.29, 0.717) is 69.9 Å². The molecule has 29 heteroatoms. The highest BCUT2D eigenvalue weighted by atomic mass is 35.5. The average Bonchev–Trinajstić information content (AvgIpc) is 4.06. The summed E-state index contributed by atoms with van der Waals surface area (Å²) in [6.45, 7) is 9.67. The van der Waals surface area contributed by atoms with Crippen LogP contribution in [0.1, 0.15) is 71.7 Å². The zero-order valence-corrected chi connectivity index (χ0v) is 43.5. The molecule has 7 heterocycles. The number of carbonyl (C=O) groups is 3. The van der Waals surface area contributed by atoms with Crippen molar-refractivity contribution in [1.29, 1.82) is 0 Å². The Balaban J connectivity index is 0.712. The number of phosphoric acid groups is 1. The lowest BCUT2D eigenvalue weighted by Gasteiger charge is -2.27. The maximum absolute atomic E-state index is 13.3. The van der Waals surface area contributed by atoms with Crippen LogP contribution in [-0.2, 0) is 46.9 Å². The molecule has 0 aliphatic carbocycles. The van der Waals surface area contributed by atoms with Crippen LogP contribution in [0, 0.1) is 20.8 Å². The van der Waals surface area contributed by atoms with E-state index in [9.17, 15) is 33.7 Å². The number of aromatic amines is 1. The third-order valence-corrected chi connectivity index (χ3v) is 15.3. The molecule has 0 radical (unpaired) electrons. The number of amides is 3. The third-order valence-electron chi connectivity index (χ3n) is 11.9. The van der Waals surface area contributed by atoms with Gasteiger partial charge in [-0.1, -0.05) is 35.5 Å². The van der Waals surface area contributed by atoms with Crippen LogP contribution >= 0.6 is 42.5 Å². The highest BCUT2D eigenvalue weighted by Gasteiger charge is 2.53. The Morgan fingerprint density at radius 2 is 1.71 bits per heavy atom. The molecular formula is C44H56ClN12O13PS2. The molecule has 1 aromatic carbocycles. The van der Waals surface area contributed by atoms with Crippen LogP contribution in [0.5, 0.6) is 0 Å². The summed E-state index contributed by atoms with van der Waals surface area (Å²) in [6.07, 6.45) is -3.93. The number of aliphatic imine (C=N–C) groups is 1. The number of nitrogens with two attached hydrogens (primary N) is 1. The number of benzene rings is 1. The van der Waals surface area contributed by atoms with Gasteiger partial charge in [-0.2, -0.15) is 4.98 Å². The quantitative estimate of drug-likeness (QED) is 0.0280. The van der Waals surface area contributed by atoms with Gasteiger partial charge in [-0.3, -0.25) is 47.3 Å². The first-order valence-corrected chi connectivity index (χ1v) is 27.0. The first-order chi connectivity index (χ1) is 35.0. The molecule has 0 saturated carbocycles. The second-order valence-electron chi connectivity index (χ2n) is 17.1. The summed E-state index contributed by atoms with van der Waals surface area (Å²) in [4.78, 5) is 78.6. The van der Waals surface area contributed by atoms with Gasteiger partial charge in [-0.25, -0.2) is 9.55 Å². The Hall–Kier alpha value is -5.16. The van der Waals surface area contributed by atoms with E-state index in [0.717, 1.165) is 49.9 Å². The van der Waals surface area contributed by atoms with Gasteiger partial charge in [0.25, 0.3) is 5.56 Å². The number of thioether (sulfide) groups is 1. The molecular weight excluding hydrogens is 1040 g/mol. The van der Waals surface area contributed by atoms with E-state index in [1.54, 1.807) is 11.3 Å². The van der Waals surface area contributed by atoms with Crippen molar-refractivity contribution in [2.75, 3.05) is 70.8 Å². The first-order valence-electron chi connectivity index (χ1n) is 23.3. The molecule has 0 spiro atoms. The molecule has 2 fully saturated rings. The molecule has 8 rings (SSSR count). The van der Waals surface area contributed by atoms with Crippen LogP contribution in [0.2, 0.25) is 5.02 Å². The van der Waals surface area contributed by atoms with Crippen molar-refractivity contribution in [3.8, 4) is 5.00 Å². The number of anilines is 1. The number of nitrogens with zero attached hydrogens (tertiary/aromatic N) is 7. The molecule has 25 nitrogen and oxygen atoms in total. The maximum atomic E-state index is 13.3. The Morgan fingerprint density at radius 3 is 2.41 bits per heavy atom. The van der Waals surface area contributed by atoms with Gasteiger partial charge >= 0.3 is 7.82 Å². The van der Waals surface area contributed by atoms with Gasteiger partial charge in [0.2, 0.25) is 23.7 Å². The van der Waals surface area contributed by atoms with Crippen LogP contribution in [0.4, 0.5) is 5.95 Å². The Kier molecular flexibility index (Phi) is 17.8. The summed E-state index contributed by atoms with van der Waals surface area (Å²) in [7, 11) is -4.45. The number of aliphatic hydroxyl groups is 1. The minimum absolute atomic E-state index is 0.0644. The number of fused-ring (bicyclic) bond motifs is 5. The van der Waals surface area contributed by atoms with E-state index < -0.39 is 61.8 Å². The lowest BCUT2D eigenvalue weighted by atomic mass is 9.99. The van der Waals surface area contributed by atoms with Crippen LogP contribution in [0.3, 0.4) is 0 Å². The second-order valence-corrected chi connectivity index (χ2v) is 21.2. The Morgan fingerprint density at radius 1 is 1.03 bits per heavy atom. The number of halogens is 1. The third kappa shape index (κ3) is 12.9. The van der Waals surface area contributed by atoms with Gasteiger partial charge < -0.3 is 50.6 Å². The SMILES string of the molecule is CC(=O)N[C@@H](CSc1nc2c(=O)[nH]c(N)nc2n1C1OC2COP(=O)(O)OC2C1O)C(=O)NCCCOCCOCCOCCCNC(=O)C[C@@H]1N=C(c2ccc(Cl)cc2)c2c(sc(C)c2C)-n2c(C)nnc21. The van der Waals surface area contributed by atoms with Crippen molar-refractivity contribution < 1.29 is 56.9 Å². The van der Waals surface area contributed by atoms with Gasteiger partial charge in [0, 0.05) is 60.0 Å². The number of nitrogens with one attached hydrogen (secondary N) is 4. The largest absolute Gasteiger partial charge is 0.472 e. The van der Waals surface area contributed by atoms with E-state index in [-0.39, 0.29) is 53.5 Å². The highest BCUT2D eigenvalue weighted by Crippen LogP contribution is 2.53. The van der Waals surface area contributed by atoms with Crippen molar-refractivity contribution in [2.45, 2.75) is 88.7 Å². The number of aromatic nitrogens is 7. The van der Waals surface area contributed by atoms with Gasteiger partial charge in [-0.15, -0.1) is 21.5 Å². The van der Waals surface area contributed by atoms with E-state index in [1.807, 2.05) is 35.8 Å². The van der Waals surface area contributed by atoms with E-state index in [1.165, 1.54) is 11.5 Å². The molecule has 7 atom stereocenters. The van der Waals surface area contributed by atoms with Gasteiger partial charge in [0.1, 0.15) is 41.2 Å². The van der Waals surface area contributed by atoms with E-state index >= 15 is 0 Å². The van der Waals surface area contributed by atoms with E-state index in [2.05, 4.69) is 54.9 Å². The number of rotatable bonds is 23. The van der Waals surface area contributed by atoms with Gasteiger partial charge in [-0.05, 0) is 51.3 Å². The number of aryl methyl sites for hydroxylation is 2. The van der Waals surface area contributed by atoms with E-state index in [4.69, 9.17) is 50.3 Å². The average molecular weight is 1090 g/mol. The standard InChI is InChI=1S/C44H56ClN12O13PS2/c1-22-23(2)73-42-32(22)33(26-7-9-27(45)10-8-26)50-28(37-55-54-24(3)56(37)42)19-31(59)47-11-5-13-65-15-17-67-18-16-66-14-6-12-48-39(61)29(49-25(4)58)21-72-44-51-34-38(52-43(46)53-40(34)62)57(44)41-35(60)36-30(69-41)20-68-71(63,64)70-36/h7-10,28-30,35-36,41,60H,5-6,11-21H2,1-4H3,(H,47,59)(H,48,61)(H,49,58)(H,63,64)(H3,46,52,53,62)/t28-,29-,30?,35?,36?,41?/m0/s1. The lowest BCUT2D eigenvalue weighted by molar-refractivity contribution is -0.127. The molecule has 2 saturated heterocycles. The summed E-state index contributed by atoms with van der Waals surface area (Å²) in [5, 5.41) is 30.0. The predicted octanol–water partition coefficient (Wildman–Crippen LogP) is 2.34. The number of hydrogen-bond donors (Lipinski definition) is 7. The minimum Gasteiger partial charge on any atom is -0.386 e. The monoisotopic (exact) mass is 1090 g/mol. The topological polar surface area (TPSA) is 333 Å². The summed E-state index contributed by atoms with van der Waals surface area (Å²) in [6, 6.07) is 5.92. The molecule has 8 N–H and O–H groups in total. The van der Waals surface area contributed by atoms with Crippen molar-refractivity contribution in [2.24, 2.45) is 4.99 Å². The number of H-pyrrole nitrogens is 1. The Labute approximate surface area is 430 Å². The summed E-state index contributed by atoms with van der Waals surface area (Å²) < 4.78 is 48.2. The molecule has 5 aromatic rings. The number of aliphatic hydroxyl groups excluding tert-OH is 1. The molecule has 5 unspecified atom stereocenters. The number of phosphoric ester groups is 1. The number of thiophene rings is 1. The normalized spacial score (nSPS) is 21.7. The second kappa shape index (κ2) is 24.0. The van der Waals surface area contributed by atoms with Crippen LogP contribution < -0.4 is 27.2 Å². The predicted molar refractivity (Wildman–Crippen MR) is 267 cm³/mol. The zero-order valence-electron chi connectivity index (χ0n) is 40.2. The smallest absolute Gasteiger partial charge is 0.386 e. The van der Waals surface area contributed by atoms with Crippen molar-refractivity contribution in [3.63, 3.8) is 0 Å². The van der Waals surface area contributed by atoms with Crippen molar-refractivity contribution >= 4 is 83.1 Å². The number of carbonyl (C=O) groups excluding carboxylic acids is 3. The first kappa shape index (κ1) is 54.1. The number of nitrogen functional groups attached to an aromatic ring is 1. The number of ether oxygens (including phenoxy) is 4. The molecule has 3 aliphatic rings. The molecule has 3 aliphatic heterocycles. The van der Waals surface area contributed by atoms with Crippen LogP contribution in [-0.4, -0.2) is 157 Å². The molecule has 73 heavy (non-hydrogen) atoms. The maximum Gasteiger partial charge on any atom is 0.472 e. The lowest BCUT2D eigenvalue weighted by Crippen LogP contribution is -2.48. The minimum atomic E-state index is -4.45. The molecule has 4 aromatic heterocycles. The fraction of sp³-hybridized carbons (Fsp3) is 0.523. The van der Waals surface area contributed by atoms with Gasteiger partial charge in [0.15, 0.2) is 28.4 Å². The fourth-order valence-corrected chi connectivity index (χ4v) is 11.6. The highest BCUT2D eigenvalue weighted by molar-refractivity contribution is 7.99. The summed E-state index contributed by atoms with van der Waals surface area (Å²) in [5.41, 5.74) is 8.70. The molecule has 394 valence electrons. The number of imidazole rings is 1. The fourth-order valence-electron chi connectivity index (χ4n) is 8.28. The van der Waals surface area contributed by atoms with Gasteiger partial charge in [0.05, 0.1) is 45.2 Å². The summed E-state index contributed by atoms with van der Waals surface area (Å²) >= 11 is 8.84. The van der Waals surface area contributed by atoms with Crippen molar-refractivity contribution in [1.82, 2.24) is 50.2 Å².